The van der Waals surface area contributed by atoms with Crippen molar-refractivity contribution >= 4 is 11.8 Å². The van der Waals surface area contributed by atoms with Gasteiger partial charge in [-0.1, -0.05) is 54.2 Å². The Labute approximate surface area is 146 Å². The van der Waals surface area contributed by atoms with E-state index < -0.39 is 0 Å². The van der Waals surface area contributed by atoms with Gasteiger partial charge in [0.25, 0.3) is 0 Å². The van der Waals surface area contributed by atoms with Gasteiger partial charge in [-0.25, -0.2) is 4.98 Å². The largest absolute Gasteiger partial charge is 0.497 e. The van der Waals surface area contributed by atoms with E-state index in [9.17, 15) is 5.11 Å². The molecule has 0 radical (unpaired) electrons. The number of thioether (sulfide) groups is 1. The number of aromatic nitrogens is 2. The lowest BCUT2D eigenvalue weighted by atomic mass is 10.2. The van der Waals surface area contributed by atoms with Gasteiger partial charge in [0, 0.05) is 18.5 Å². The smallest absolute Gasteiger partial charge is 0.168 e. The molecule has 1 aromatic heterocycles. The highest BCUT2D eigenvalue weighted by Gasteiger charge is 2.09. The number of rotatable bonds is 7. The van der Waals surface area contributed by atoms with Crippen molar-refractivity contribution in [3.8, 4) is 5.75 Å². The maximum absolute atomic E-state index is 9.39. The van der Waals surface area contributed by atoms with Crippen molar-refractivity contribution in [3.05, 3.63) is 77.6 Å². The second kappa shape index (κ2) is 8.04. The molecular formula is C19H20N2O2S. The molecule has 0 atom stereocenters. The second-order valence-electron chi connectivity index (χ2n) is 5.42. The zero-order valence-corrected chi connectivity index (χ0v) is 14.4. The Balaban J connectivity index is 1.75. The lowest BCUT2D eigenvalue weighted by molar-refractivity contribution is 0.277. The molecule has 1 N–H and O–H groups in total. The van der Waals surface area contributed by atoms with Crippen LogP contribution in [-0.2, 0) is 18.9 Å². The van der Waals surface area contributed by atoms with Gasteiger partial charge in [0.1, 0.15) is 5.75 Å². The van der Waals surface area contributed by atoms with E-state index in [4.69, 9.17) is 4.74 Å². The third kappa shape index (κ3) is 4.19. The van der Waals surface area contributed by atoms with E-state index in [2.05, 4.69) is 21.7 Å². The summed E-state index contributed by atoms with van der Waals surface area (Å²) in [7, 11) is 1.66. The monoisotopic (exact) mass is 340 g/mol. The van der Waals surface area contributed by atoms with E-state index in [1.54, 1.807) is 18.9 Å². The molecule has 0 unspecified atom stereocenters. The SMILES string of the molecule is COc1ccc(Cn2cc(CO)nc2SCc2ccccc2)cc1. The fourth-order valence-electron chi connectivity index (χ4n) is 2.41. The number of methoxy groups -OCH3 is 1. The first-order chi connectivity index (χ1) is 11.8. The van der Waals surface area contributed by atoms with Crippen LogP contribution in [0.5, 0.6) is 5.75 Å². The van der Waals surface area contributed by atoms with Crippen molar-refractivity contribution in [2.24, 2.45) is 0 Å². The lowest BCUT2D eigenvalue weighted by Gasteiger charge is -2.08. The molecule has 2 aromatic carbocycles. The molecule has 0 saturated heterocycles. The number of nitrogens with zero attached hydrogens (tertiary/aromatic N) is 2. The van der Waals surface area contributed by atoms with Crippen LogP contribution in [0.2, 0.25) is 0 Å². The molecule has 0 aliphatic heterocycles. The van der Waals surface area contributed by atoms with Gasteiger partial charge in [-0.3, -0.25) is 0 Å². The molecule has 4 nitrogen and oxygen atoms in total. The minimum Gasteiger partial charge on any atom is -0.497 e. The zero-order chi connectivity index (χ0) is 16.8. The summed E-state index contributed by atoms with van der Waals surface area (Å²) >= 11 is 1.68. The van der Waals surface area contributed by atoms with Crippen LogP contribution >= 0.6 is 11.8 Å². The Hall–Kier alpha value is -2.24. The number of aliphatic hydroxyl groups excluding tert-OH is 1. The highest BCUT2D eigenvalue weighted by Crippen LogP contribution is 2.24. The minimum atomic E-state index is -0.0471. The van der Waals surface area contributed by atoms with Gasteiger partial charge in [0.2, 0.25) is 0 Å². The molecular weight excluding hydrogens is 320 g/mol. The van der Waals surface area contributed by atoms with E-state index in [1.165, 1.54) is 11.1 Å². The summed E-state index contributed by atoms with van der Waals surface area (Å²) in [6.45, 7) is 0.669. The average molecular weight is 340 g/mol. The third-order valence-corrected chi connectivity index (χ3v) is 4.74. The number of imidazole rings is 1. The predicted octanol–water partition coefficient (Wildman–Crippen LogP) is 3.72. The Morgan fingerprint density at radius 2 is 1.79 bits per heavy atom. The van der Waals surface area contributed by atoms with Crippen LogP contribution in [-0.4, -0.2) is 21.8 Å². The van der Waals surface area contributed by atoms with E-state index in [1.807, 2.05) is 48.7 Å². The van der Waals surface area contributed by atoms with Gasteiger partial charge < -0.3 is 14.4 Å². The quantitative estimate of drug-likeness (QED) is 0.666. The van der Waals surface area contributed by atoms with Crippen LogP contribution in [0.3, 0.4) is 0 Å². The van der Waals surface area contributed by atoms with Crippen LogP contribution in [0, 0.1) is 0 Å². The normalized spacial score (nSPS) is 10.8. The summed E-state index contributed by atoms with van der Waals surface area (Å²) in [4.78, 5) is 4.52. The number of hydrogen-bond acceptors (Lipinski definition) is 4. The van der Waals surface area contributed by atoms with Gasteiger partial charge in [0.15, 0.2) is 5.16 Å². The van der Waals surface area contributed by atoms with Gasteiger partial charge in [0.05, 0.1) is 19.4 Å². The second-order valence-corrected chi connectivity index (χ2v) is 6.37. The highest BCUT2D eigenvalue weighted by molar-refractivity contribution is 7.98. The van der Waals surface area contributed by atoms with Gasteiger partial charge >= 0.3 is 0 Å². The molecule has 24 heavy (non-hydrogen) atoms. The van der Waals surface area contributed by atoms with Gasteiger partial charge in [-0.05, 0) is 23.3 Å². The number of benzene rings is 2. The van der Waals surface area contributed by atoms with Crippen LogP contribution in [0.15, 0.2) is 66.0 Å². The Bertz CT molecular complexity index is 770. The molecule has 5 heteroatoms. The van der Waals surface area contributed by atoms with Gasteiger partial charge in [-0.2, -0.15) is 0 Å². The van der Waals surface area contributed by atoms with E-state index >= 15 is 0 Å². The Morgan fingerprint density at radius 1 is 1.04 bits per heavy atom. The average Bonchev–Trinajstić information content (AvgIpc) is 3.03. The molecule has 124 valence electrons. The van der Waals surface area contributed by atoms with Crippen LogP contribution in [0.4, 0.5) is 0 Å². The molecule has 3 aromatic rings. The van der Waals surface area contributed by atoms with Gasteiger partial charge in [-0.15, -0.1) is 0 Å². The zero-order valence-electron chi connectivity index (χ0n) is 13.6. The van der Waals surface area contributed by atoms with Crippen LogP contribution in [0.1, 0.15) is 16.8 Å². The van der Waals surface area contributed by atoms with Crippen molar-refractivity contribution in [2.75, 3.05) is 7.11 Å². The molecule has 0 fully saturated rings. The maximum Gasteiger partial charge on any atom is 0.168 e. The highest BCUT2D eigenvalue weighted by atomic mass is 32.2. The summed E-state index contributed by atoms with van der Waals surface area (Å²) in [5, 5.41) is 10.3. The van der Waals surface area contributed by atoms with E-state index in [-0.39, 0.29) is 6.61 Å². The first-order valence-electron chi connectivity index (χ1n) is 7.75. The minimum absolute atomic E-state index is 0.0471. The van der Waals surface area contributed by atoms with Crippen molar-refractivity contribution in [1.29, 1.82) is 0 Å². The van der Waals surface area contributed by atoms with Crippen LogP contribution in [0.25, 0.3) is 0 Å². The van der Waals surface area contributed by atoms with E-state index in [0.29, 0.717) is 12.2 Å². The van der Waals surface area contributed by atoms with Crippen LogP contribution < -0.4 is 4.74 Å². The predicted molar refractivity (Wildman–Crippen MR) is 96.2 cm³/mol. The first-order valence-corrected chi connectivity index (χ1v) is 8.73. The Morgan fingerprint density at radius 3 is 2.46 bits per heavy atom. The number of aliphatic hydroxyl groups is 1. The van der Waals surface area contributed by atoms with Crippen molar-refractivity contribution in [2.45, 2.75) is 24.1 Å². The molecule has 0 aliphatic rings. The summed E-state index contributed by atoms with van der Waals surface area (Å²) in [5.74, 6) is 1.70. The summed E-state index contributed by atoms with van der Waals surface area (Å²) in [6.07, 6.45) is 1.91. The van der Waals surface area contributed by atoms with Crippen molar-refractivity contribution < 1.29 is 9.84 Å². The van der Waals surface area contributed by atoms with E-state index in [0.717, 1.165) is 16.7 Å². The molecule has 0 spiro atoms. The molecule has 1 heterocycles. The molecule has 0 aliphatic carbocycles. The summed E-state index contributed by atoms with van der Waals surface area (Å²) in [5.41, 5.74) is 3.12. The molecule has 0 amide bonds. The third-order valence-electron chi connectivity index (χ3n) is 3.67. The molecule has 0 saturated carbocycles. The summed E-state index contributed by atoms with van der Waals surface area (Å²) < 4.78 is 7.28. The van der Waals surface area contributed by atoms with Crippen molar-refractivity contribution in [3.63, 3.8) is 0 Å². The lowest BCUT2D eigenvalue weighted by Crippen LogP contribution is -2.00. The standard InChI is InChI=1S/C19H20N2O2S/c1-23-18-9-7-15(8-10-18)11-21-12-17(13-22)20-19(21)24-14-16-5-3-2-4-6-16/h2-10,12,22H,11,13-14H2,1H3. The Kier molecular flexibility index (Phi) is 5.56. The topological polar surface area (TPSA) is 47.3 Å². The fraction of sp³-hybridized carbons (Fsp3) is 0.211. The summed E-state index contributed by atoms with van der Waals surface area (Å²) in [6, 6.07) is 18.3. The molecule has 0 bridgehead atoms. The van der Waals surface area contributed by atoms with Crippen molar-refractivity contribution in [1.82, 2.24) is 9.55 Å². The number of ether oxygens (including phenoxy) is 1. The fourth-order valence-corrected chi connectivity index (χ4v) is 3.36. The maximum atomic E-state index is 9.39. The first kappa shape index (κ1) is 16.6. The molecule has 3 rings (SSSR count). The number of hydrogen-bond donors (Lipinski definition) is 1.